The molecule has 0 unspecified atom stereocenters. The molecule has 5 aromatic carbocycles. The Hall–Kier alpha value is -13.5. The van der Waals surface area contributed by atoms with Gasteiger partial charge in [-0.25, -0.2) is 4.98 Å². The van der Waals surface area contributed by atoms with Gasteiger partial charge in [-0.2, -0.15) is 0 Å². The van der Waals surface area contributed by atoms with Crippen molar-refractivity contribution in [1.82, 2.24) is 82.4 Å². The van der Waals surface area contributed by atoms with Gasteiger partial charge >= 0.3 is 5.97 Å². The predicted molar refractivity (Wildman–Crippen MR) is 471 cm³/mol. The minimum Gasteiger partial charge on any atom is -0.508 e. The zero-order valence-corrected chi connectivity index (χ0v) is 73.4. The second-order valence-electron chi connectivity index (χ2n) is 32.5. The smallest absolute Gasteiger partial charge is 0.305 e. The molecule has 0 radical (unpaired) electrons. The number of benzene rings is 5. The number of phenols is 2. The average Bonchev–Trinajstić information content (AvgIpc) is 1.73. The number of aromatic amines is 2. The number of aromatic hydroxyl groups is 2. The number of unbranched alkanes of at least 4 members (excludes halogenated alkanes) is 1. The molecule has 0 bridgehead atoms. The maximum atomic E-state index is 15.5. The number of carboxylic acids is 1. The number of phenolic OH excluding ortho intramolecular Hbond substituents is 2. The third-order valence-electron chi connectivity index (χ3n) is 21.6. The number of H-pyrrole nitrogens is 2. The molecule has 37 heteroatoms. The van der Waals surface area contributed by atoms with Crippen LogP contribution in [0.5, 0.6) is 11.5 Å². The number of aromatic nitrogens is 3. The van der Waals surface area contributed by atoms with Gasteiger partial charge in [-0.05, 0) is 82.8 Å². The van der Waals surface area contributed by atoms with E-state index < -0.39 is 205 Å². The largest absolute Gasteiger partial charge is 0.508 e. The first-order chi connectivity index (χ1) is 60.4. The van der Waals surface area contributed by atoms with Crippen LogP contribution in [0, 0.1) is 17.8 Å². The Morgan fingerprint density at radius 3 is 1.60 bits per heavy atom. The molecule has 16 N–H and O–H groups in total. The number of amides is 14. The van der Waals surface area contributed by atoms with E-state index in [0.29, 0.717) is 51.6 Å². The number of carbonyl (C=O) groups excluding carboxylic acids is 15. The number of primary amides is 1. The number of nitrogens with zero attached hydrogens (tertiary/aromatic N) is 5. The van der Waals surface area contributed by atoms with E-state index in [1.54, 1.807) is 119 Å². The van der Waals surface area contributed by atoms with E-state index in [1.165, 1.54) is 99.0 Å². The number of Topliss-reactive ketones (excluding diaryl/α,β-unsaturated/α-hetero) is 1. The van der Waals surface area contributed by atoms with Gasteiger partial charge in [-0.15, -0.1) is 11.8 Å². The molecule has 2 aromatic heterocycles. The molecule has 0 aliphatic carbocycles. The highest BCUT2D eigenvalue weighted by Gasteiger charge is 2.42. The summed E-state index contributed by atoms with van der Waals surface area (Å²) in [5, 5.41) is 55.4. The number of thioether (sulfide) groups is 1. The van der Waals surface area contributed by atoms with Crippen LogP contribution in [0.1, 0.15) is 107 Å². The van der Waals surface area contributed by atoms with Crippen molar-refractivity contribution in [3.8, 4) is 11.5 Å². The summed E-state index contributed by atoms with van der Waals surface area (Å²) in [5.41, 5.74) is 8.87. The minimum atomic E-state index is -1.89. The first kappa shape index (κ1) is 98.9. The highest BCUT2D eigenvalue weighted by Crippen LogP contribution is 2.25. The van der Waals surface area contributed by atoms with E-state index in [9.17, 15) is 63.3 Å². The van der Waals surface area contributed by atoms with Gasteiger partial charge in [-0.1, -0.05) is 151 Å². The Morgan fingerprint density at radius 1 is 0.528 bits per heavy atom. The maximum absolute atomic E-state index is 15.5. The van der Waals surface area contributed by atoms with Gasteiger partial charge < -0.3 is 98.5 Å². The quantitative estimate of drug-likeness (QED) is 0.0434. The van der Waals surface area contributed by atoms with E-state index >= 15 is 28.8 Å². The van der Waals surface area contributed by atoms with E-state index in [4.69, 9.17) is 5.73 Å². The third-order valence-corrected chi connectivity index (χ3v) is 22.6. The second kappa shape index (κ2) is 48.1. The molecular formula is C90H115N17O19S. The van der Waals surface area contributed by atoms with Crippen LogP contribution >= 0.6 is 11.8 Å². The van der Waals surface area contributed by atoms with Gasteiger partial charge in [0.1, 0.15) is 65.9 Å². The van der Waals surface area contributed by atoms with Crippen molar-refractivity contribution in [2.24, 2.45) is 23.5 Å². The molecule has 8 rings (SSSR count). The number of para-hydroxylation sites is 1. The first-order valence-corrected chi connectivity index (χ1v) is 43.1. The molecule has 11 atom stereocenters. The van der Waals surface area contributed by atoms with Crippen LogP contribution in [0.4, 0.5) is 0 Å². The fraction of sp³-hybridized carbons (Fsp3) is 0.433. The number of rotatable bonds is 23. The lowest BCUT2D eigenvalue weighted by molar-refractivity contribution is -0.151. The summed E-state index contributed by atoms with van der Waals surface area (Å²) < 4.78 is 0. The Labute approximate surface area is 740 Å². The number of ketones is 1. The van der Waals surface area contributed by atoms with Crippen LogP contribution in [-0.2, 0) is 115 Å². The number of nitrogens with one attached hydrogen (secondary N) is 11. The van der Waals surface area contributed by atoms with Crippen LogP contribution in [0.15, 0.2) is 152 Å². The summed E-state index contributed by atoms with van der Waals surface area (Å²) in [6.07, 6.45) is 2.21. The lowest BCUT2D eigenvalue weighted by Crippen LogP contribution is -2.60. The number of hydrogen-bond acceptors (Lipinski definition) is 20. The number of likely N-dealkylation sites (N-methyl/N-ethyl adjacent to an activating group) is 4. The van der Waals surface area contributed by atoms with E-state index in [1.807, 2.05) is 6.92 Å². The van der Waals surface area contributed by atoms with Gasteiger partial charge in [-0.3, -0.25) is 76.7 Å². The van der Waals surface area contributed by atoms with Gasteiger partial charge in [0.15, 0.2) is 5.78 Å². The summed E-state index contributed by atoms with van der Waals surface area (Å²) in [4.78, 5) is 248. The number of aliphatic carboxylic acids is 1. The van der Waals surface area contributed by atoms with Gasteiger partial charge in [0, 0.05) is 102 Å². The molecule has 36 nitrogen and oxygen atoms in total. The zero-order chi connectivity index (χ0) is 92.7. The normalized spacial score (nSPS) is 22.1. The Morgan fingerprint density at radius 2 is 1.03 bits per heavy atom. The van der Waals surface area contributed by atoms with Crippen LogP contribution in [-0.4, -0.2) is 264 Å². The predicted octanol–water partition coefficient (Wildman–Crippen LogP) is 1.80. The highest BCUT2D eigenvalue weighted by molar-refractivity contribution is 8.00. The van der Waals surface area contributed by atoms with Crippen molar-refractivity contribution in [1.29, 1.82) is 0 Å². The topological polar surface area (TPSA) is 526 Å². The van der Waals surface area contributed by atoms with E-state index in [2.05, 4.69) is 62.8 Å². The number of nitrogens with two attached hydrogens (primary N) is 1. The molecule has 1 fully saturated rings. The first-order valence-electron chi connectivity index (χ1n) is 41.9. The monoisotopic (exact) mass is 1770 g/mol. The SMILES string of the molecule is CCCC[C@H]1C(=O)N(C)CC(=O)N[C@@H](CC(=O)O)C(=O)N[C@@H](C(C)C)C(=O)C[C@@H](Cc2c[nH]cn2)C(=O)N[C@@H](Cc2ccc(O)cc2)C(=O)N(C)CC(=O)N[C@@H](Cc2c[nH]c3ccccc23)C(=O)N[C@@H](Cc2ccc(O)cc2)C(=O)N[C@@H](CC(C)C)C(=O)N[C@H](C(=O)NCC(N)=O)CSCC(=O)N[C@@H](Cc2ccccc2)C(=O)N(C)[C@@H](Cc2ccccc2)C(=O)N1C. The Kier molecular flexibility index (Phi) is 37.5. The summed E-state index contributed by atoms with van der Waals surface area (Å²) in [6.45, 7) is 6.18. The molecule has 3 heterocycles. The fourth-order valence-corrected chi connectivity index (χ4v) is 15.6. The van der Waals surface area contributed by atoms with Crippen molar-refractivity contribution < 1.29 is 92.0 Å². The van der Waals surface area contributed by atoms with Crippen LogP contribution in [0.2, 0.25) is 0 Å². The van der Waals surface area contributed by atoms with Crippen molar-refractivity contribution in [2.45, 2.75) is 172 Å². The summed E-state index contributed by atoms with van der Waals surface area (Å²) >= 11 is 0.828. The second-order valence-corrected chi connectivity index (χ2v) is 33.6. The molecule has 0 spiro atoms. The summed E-state index contributed by atoms with van der Waals surface area (Å²) in [7, 11) is 5.24. The molecule has 1 aliphatic heterocycles. The number of carbonyl (C=O) groups is 16. The molecule has 1 aliphatic rings. The van der Waals surface area contributed by atoms with Crippen LogP contribution in [0.3, 0.4) is 0 Å². The molecule has 7 aromatic rings. The van der Waals surface area contributed by atoms with E-state index in [0.717, 1.165) is 21.6 Å². The van der Waals surface area contributed by atoms with Crippen LogP contribution in [0.25, 0.3) is 10.9 Å². The third kappa shape index (κ3) is 30.4. The van der Waals surface area contributed by atoms with Crippen LogP contribution < -0.4 is 53.6 Å². The average molecular weight is 1770 g/mol. The van der Waals surface area contributed by atoms with E-state index in [-0.39, 0.29) is 80.2 Å². The van der Waals surface area contributed by atoms with Crippen molar-refractivity contribution in [2.75, 3.05) is 59.3 Å². The number of fused-ring (bicyclic) bond motifs is 1. The van der Waals surface area contributed by atoms with Crippen molar-refractivity contribution in [3.63, 3.8) is 0 Å². The summed E-state index contributed by atoms with van der Waals surface area (Å²) in [6, 6.07) is 20.4. The van der Waals surface area contributed by atoms with Crippen molar-refractivity contribution >= 4 is 117 Å². The molecule has 680 valence electrons. The summed E-state index contributed by atoms with van der Waals surface area (Å²) in [5.74, 6) is -18.6. The molecule has 1 saturated heterocycles. The highest BCUT2D eigenvalue weighted by atomic mass is 32.2. The van der Waals surface area contributed by atoms with Crippen molar-refractivity contribution in [3.05, 3.63) is 186 Å². The standard InChI is InChI=1S/C90H115N17O19S/c1-10-11-26-72-89(125)105(7)48-77(113)97-68(43-79(115)116)86(122)103-80(53(4)5)74(110)42-58(40-60-45-92-51-95-60)81(117)101-69(38-57-29-33-62(109)34-30-57)87(123)104(6)47-76(112)96-67(41-59-44-93-64-25-19-18-24-63(59)64)85(121)100-66(36-56-27-31-61(108)32-28-56)84(120)99-65(35-52(2)3)83(119)102-71(82(118)94-46-75(91)111)49-127-50-78(114)98-70(37-54-20-14-12-15-21-54)88(124)107(9)73(90(126)106(72)8)39-55-22-16-13-17-23-55/h12-25,27-34,44-45,51-53,58,65-73,80,93,108-109H,10-11,26,35-43,46-50H2,1-9H3,(H2,91,111)(H,92,95)(H,94,118)(H,96,112)(H,97,113)(H,98,114)(H,99,120)(H,100,121)(H,101,117)(H,102,119)(H,103,122)(H,115,116)/t58-,65+,66+,67+,68+,69+,70+,71+,72+,73+,80+/m1/s1. The Balaban J connectivity index is 1.20. The lowest BCUT2D eigenvalue weighted by Gasteiger charge is -2.37. The number of imidazole rings is 1. The van der Waals surface area contributed by atoms with Gasteiger partial charge in [0.2, 0.25) is 82.7 Å². The molecule has 14 amide bonds. The van der Waals surface area contributed by atoms with Gasteiger partial charge in [0.05, 0.1) is 55.8 Å². The zero-order valence-electron chi connectivity index (χ0n) is 72.6. The maximum Gasteiger partial charge on any atom is 0.305 e. The molecule has 127 heavy (non-hydrogen) atoms. The molecular weight excluding hydrogens is 1660 g/mol. The molecule has 0 saturated carbocycles. The number of hydrogen-bond donors (Lipinski definition) is 15. The number of carboxylic acid groups (broad SMARTS) is 1. The minimum absolute atomic E-state index is 0.0318. The fourth-order valence-electron chi connectivity index (χ4n) is 14.7. The Bertz CT molecular complexity index is 4980. The lowest BCUT2D eigenvalue weighted by atomic mass is 9.89. The van der Waals surface area contributed by atoms with Gasteiger partial charge in [0.25, 0.3) is 0 Å².